The quantitative estimate of drug-likeness (QED) is 0.596. The first-order chi connectivity index (χ1) is 7.63. The third-order valence-corrected chi connectivity index (χ3v) is 2.03. The summed E-state index contributed by atoms with van der Waals surface area (Å²) in [5.74, 6) is 0. The van der Waals surface area contributed by atoms with Crippen molar-refractivity contribution in [3.8, 4) is 0 Å². The van der Waals surface area contributed by atoms with Gasteiger partial charge in [0, 0.05) is 17.5 Å². The van der Waals surface area contributed by atoms with Crippen LogP contribution in [-0.2, 0) is 0 Å². The first kappa shape index (κ1) is 12.2. The maximum atomic E-state index is 10.6. The number of rotatable bonds is 4. The molecule has 2 amide bonds. The standard InChI is InChI=1S/C11H16N4O/c1-3-4-10(14-15-11(12)16)9-6-5-8(2)13-7-9/h5-7H,3-4H2,1-2H3,(H3,12,15,16)/b14-10+. The average Bonchev–Trinajstić information content (AvgIpc) is 2.25. The molecule has 1 aromatic rings. The van der Waals surface area contributed by atoms with E-state index in [9.17, 15) is 4.79 Å². The molecule has 0 atom stereocenters. The minimum absolute atomic E-state index is 0.659. The number of nitrogens with two attached hydrogens (primary N) is 1. The molecule has 0 fully saturated rings. The molecule has 1 heterocycles. The molecule has 5 nitrogen and oxygen atoms in total. The second-order valence-electron chi connectivity index (χ2n) is 3.47. The number of urea groups is 1. The molecular formula is C11H16N4O. The Morgan fingerprint density at radius 2 is 2.31 bits per heavy atom. The van der Waals surface area contributed by atoms with Gasteiger partial charge in [-0.05, 0) is 25.5 Å². The zero-order valence-corrected chi connectivity index (χ0v) is 9.53. The van der Waals surface area contributed by atoms with Gasteiger partial charge in [0.2, 0.25) is 0 Å². The number of pyridine rings is 1. The van der Waals surface area contributed by atoms with E-state index in [1.807, 2.05) is 26.0 Å². The van der Waals surface area contributed by atoms with Crippen molar-refractivity contribution in [2.45, 2.75) is 26.7 Å². The van der Waals surface area contributed by atoms with Crippen LogP contribution in [0.15, 0.2) is 23.4 Å². The van der Waals surface area contributed by atoms with E-state index in [1.165, 1.54) is 0 Å². The number of nitrogens with zero attached hydrogens (tertiary/aromatic N) is 2. The van der Waals surface area contributed by atoms with E-state index in [-0.39, 0.29) is 0 Å². The lowest BCUT2D eigenvalue weighted by atomic mass is 10.1. The Balaban J connectivity index is 2.88. The largest absolute Gasteiger partial charge is 0.350 e. The lowest BCUT2D eigenvalue weighted by Crippen LogP contribution is -2.26. The van der Waals surface area contributed by atoms with Gasteiger partial charge in [-0.1, -0.05) is 13.3 Å². The highest BCUT2D eigenvalue weighted by Gasteiger charge is 2.03. The van der Waals surface area contributed by atoms with Crippen LogP contribution in [0, 0.1) is 6.92 Å². The van der Waals surface area contributed by atoms with Crippen molar-refractivity contribution in [3.05, 3.63) is 29.6 Å². The fraction of sp³-hybridized carbons (Fsp3) is 0.364. The third kappa shape index (κ3) is 3.68. The summed E-state index contributed by atoms with van der Waals surface area (Å²) in [5.41, 5.74) is 9.85. The maximum Gasteiger partial charge on any atom is 0.332 e. The fourth-order valence-corrected chi connectivity index (χ4v) is 1.26. The van der Waals surface area contributed by atoms with Gasteiger partial charge in [-0.3, -0.25) is 4.98 Å². The van der Waals surface area contributed by atoms with E-state index in [1.54, 1.807) is 6.20 Å². The smallest absolute Gasteiger partial charge is 0.332 e. The molecule has 0 spiro atoms. The maximum absolute atomic E-state index is 10.6. The van der Waals surface area contributed by atoms with Crippen molar-refractivity contribution in [3.63, 3.8) is 0 Å². The predicted octanol–water partition coefficient (Wildman–Crippen LogP) is 1.56. The summed E-state index contributed by atoms with van der Waals surface area (Å²) in [6, 6.07) is 3.18. The molecule has 16 heavy (non-hydrogen) atoms. The highest BCUT2D eigenvalue weighted by Crippen LogP contribution is 2.06. The number of aryl methyl sites for hydroxylation is 1. The fourth-order valence-electron chi connectivity index (χ4n) is 1.26. The molecule has 3 N–H and O–H groups in total. The zero-order valence-electron chi connectivity index (χ0n) is 9.53. The SMILES string of the molecule is CCC/C(=N\NC(N)=O)c1ccc(C)nc1. The van der Waals surface area contributed by atoms with Gasteiger partial charge in [-0.15, -0.1) is 0 Å². The molecule has 86 valence electrons. The number of amides is 2. The van der Waals surface area contributed by atoms with E-state index in [4.69, 9.17) is 5.73 Å². The van der Waals surface area contributed by atoms with Crippen LogP contribution >= 0.6 is 0 Å². The van der Waals surface area contributed by atoms with Crippen LogP contribution in [0.2, 0.25) is 0 Å². The molecule has 1 aromatic heterocycles. The van der Waals surface area contributed by atoms with Gasteiger partial charge in [0.25, 0.3) is 0 Å². The van der Waals surface area contributed by atoms with Crippen molar-refractivity contribution in [1.82, 2.24) is 10.4 Å². The van der Waals surface area contributed by atoms with Crippen LogP contribution in [-0.4, -0.2) is 16.7 Å². The molecule has 0 saturated carbocycles. The Labute approximate surface area is 94.8 Å². The first-order valence-electron chi connectivity index (χ1n) is 5.18. The summed E-state index contributed by atoms with van der Waals surface area (Å²) < 4.78 is 0. The van der Waals surface area contributed by atoms with Gasteiger partial charge >= 0.3 is 6.03 Å². The first-order valence-corrected chi connectivity index (χ1v) is 5.18. The molecule has 5 heteroatoms. The number of aromatic nitrogens is 1. The summed E-state index contributed by atoms with van der Waals surface area (Å²) in [6.07, 6.45) is 3.45. The number of hydrogen-bond acceptors (Lipinski definition) is 3. The summed E-state index contributed by atoms with van der Waals surface area (Å²) in [5, 5.41) is 3.96. The lowest BCUT2D eigenvalue weighted by molar-refractivity contribution is 0.249. The van der Waals surface area contributed by atoms with Crippen LogP contribution in [0.1, 0.15) is 31.0 Å². The monoisotopic (exact) mass is 220 g/mol. The molecule has 0 bridgehead atoms. The van der Waals surface area contributed by atoms with Crippen LogP contribution in [0.5, 0.6) is 0 Å². The van der Waals surface area contributed by atoms with Crippen molar-refractivity contribution in [1.29, 1.82) is 0 Å². The van der Waals surface area contributed by atoms with Crippen LogP contribution in [0.25, 0.3) is 0 Å². The van der Waals surface area contributed by atoms with E-state index < -0.39 is 6.03 Å². The number of hydrazone groups is 1. The van der Waals surface area contributed by atoms with Crippen molar-refractivity contribution in [2.24, 2.45) is 10.8 Å². The van der Waals surface area contributed by atoms with Crippen molar-refractivity contribution >= 4 is 11.7 Å². The van der Waals surface area contributed by atoms with Gasteiger partial charge in [0.1, 0.15) is 0 Å². The van der Waals surface area contributed by atoms with Gasteiger partial charge in [0.15, 0.2) is 0 Å². The number of carbonyl (C=O) groups excluding carboxylic acids is 1. The van der Waals surface area contributed by atoms with Crippen LogP contribution in [0.3, 0.4) is 0 Å². The molecule has 0 unspecified atom stereocenters. The van der Waals surface area contributed by atoms with E-state index in [0.29, 0.717) is 0 Å². The molecule has 0 aliphatic rings. The summed E-state index contributed by atoms with van der Waals surface area (Å²) in [6.45, 7) is 3.96. The Hall–Kier alpha value is -1.91. The second-order valence-corrected chi connectivity index (χ2v) is 3.47. The Morgan fingerprint density at radius 3 is 2.81 bits per heavy atom. The molecule has 0 saturated heterocycles. The highest BCUT2D eigenvalue weighted by molar-refractivity contribution is 6.00. The molecule has 0 aliphatic heterocycles. The van der Waals surface area contributed by atoms with Crippen LogP contribution in [0.4, 0.5) is 4.79 Å². The molecule has 0 radical (unpaired) electrons. The van der Waals surface area contributed by atoms with Crippen LogP contribution < -0.4 is 11.2 Å². The van der Waals surface area contributed by atoms with Gasteiger partial charge < -0.3 is 5.73 Å². The summed E-state index contributed by atoms with van der Waals surface area (Å²) >= 11 is 0. The van der Waals surface area contributed by atoms with E-state index >= 15 is 0 Å². The number of carbonyl (C=O) groups is 1. The summed E-state index contributed by atoms with van der Waals surface area (Å²) in [7, 11) is 0. The Bertz CT molecular complexity index is 383. The van der Waals surface area contributed by atoms with E-state index in [0.717, 1.165) is 29.8 Å². The zero-order chi connectivity index (χ0) is 12.0. The minimum atomic E-state index is -0.659. The Kier molecular flexibility index (Phi) is 4.44. The second kappa shape index (κ2) is 5.85. The lowest BCUT2D eigenvalue weighted by Gasteiger charge is -2.05. The highest BCUT2D eigenvalue weighted by atomic mass is 16.2. The topological polar surface area (TPSA) is 80.4 Å². The number of hydrogen-bond donors (Lipinski definition) is 2. The van der Waals surface area contributed by atoms with Gasteiger partial charge in [0.05, 0.1) is 5.71 Å². The Morgan fingerprint density at radius 1 is 1.56 bits per heavy atom. The molecule has 0 aromatic carbocycles. The van der Waals surface area contributed by atoms with E-state index in [2.05, 4.69) is 15.5 Å². The molecular weight excluding hydrogens is 204 g/mol. The molecule has 1 rings (SSSR count). The number of nitrogens with one attached hydrogen (secondary N) is 1. The van der Waals surface area contributed by atoms with Gasteiger partial charge in [-0.25, -0.2) is 10.2 Å². The third-order valence-electron chi connectivity index (χ3n) is 2.03. The minimum Gasteiger partial charge on any atom is -0.350 e. The predicted molar refractivity (Wildman–Crippen MR) is 63.1 cm³/mol. The summed E-state index contributed by atoms with van der Waals surface area (Å²) in [4.78, 5) is 14.8. The van der Waals surface area contributed by atoms with Crippen molar-refractivity contribution < 1.29 is 4.79 Å². The molecule has 0 aliphatic carbocycles. The normalized spacial score (nSPS) is 11.2. The average molecular weight is 220 g/mol. The number of primary amides is 1. The van der Waals surface area contributed by atoms with Gasteiger partial charge in [-0.2, -0.15) is 5.10 Å². The van der Waals surface area contributed by atoms with Crippen molar-refractivity contribution in [2.75, 3.05) is 0 Å².